The fourth-order valence-electron chi connectivity index (χ4n) is 3.82. The molecule has 31 heavy (non-hydrogen) atoms. The van der Waals surface area contributed by atoms with Crippen LogP contribution in [0.15, 0.2) is 36.4 Å². The molecule has 168 valence electrons. The first-order valence-electron chi connectivity index (χ1n) is 11.0. The van der Waals surface area contributed by atoms with E-state index in [1.165, 1.54) is 11.3 Å². The summed E-state index contributed by atoms with van der Waals surface area (Å²) in [5.74, 6) is -0.915. The summed E-state index contributed by atoms with van der Waals surface area (Å²) >= 11 is 1.19. The number of benzene rings is 1. The SMILES string of the molecule is CCCCCC(O)c1ccc([C@@H](OCC2CCCC(=O)N2)c2ccc(C(=O)O)s2)cc1. The Balaban J connectivity index is 1.74. The summed E-state index contributed by atoms with van der Waals surface area (Å²) in [6.45, 7) is 2.50. The van der Waals surface area contributed by atoms with Crippen LogP contribution in [0.25, 0.3) is 0 Å². The average molecular weight is 446 g/mol. The second-order valence-electron chi connectivity index (χ2n) is 8.06. The zero-order valence-corrected chi connectivity index (χ0v) is 18.7. The summed E-state index contributed by atoms with van der Waals surface area (Å²) in [5.41, 5.74) is 1.76. The topological polar surface area (TPSA) is 95.9 Å². The average Bonchev–Trinajstić information content (AvgIpc) is 3.25. The van der Waals surface area contributed by atoms with Gasteiger partial charge in [0.15, 0.2) is 0 Å². The van der Waals surface area contributed by atoms with Crippen LogP contribution in [-0.2, 0) is 9.53 Å². The number of aliphatic hydroxyl groups is 1. The van der Waals surface area contributed by atoms with E-state index in [1.54, 1.807) is 12.1 Å². The molecular weight excluding hydrogens is 414 g/mol. The van der Waals surface area contributed by atoms with E-state index in [1.807, 2.05) is 24.3 Å². The lowest BCUT2D eigenvalue weighted by atomic mass is 9.99. The van der Waals surface area contributed by atoms with Crippen LogP contribution in [0.1, 0.15) is 89.8 Å². The molecule has 2 unspecified atom stereocenters. The molecule has 0 spiro atoms. The number of piperidine rings is 1. The fourth-order valence-corrected chi connectivity index (χ4v) is 4.74. The number of carbonyl (C=O) groups excluding carboxylic acids is 1. The van der Waals surface area contributed by atoms with E-state index >= 15 is 0 Å². The van der Waals surface area contributed by atoms with Crippen LogP contribution >= 0.6 is 11.3 Å². The van der Waals surface area contributed by atoms with Crippen molar-refractivity contribution in [2.45, 2.75) is 70.1 Å². The highest BCUT2D eigenvalue weighted by atomic mass is 32.1. The molecule has 3 N–H and O–H groups in total. The standard InChI is InChI=1S/C24H31NO5S/c1-2-3-4-7-19(26)16-9-11-17(12-10-16)23(20-13-14-21(31-20)24(28)29)30-15-18-6-5-8-22(27)25-18/h9-14,18-19,23,26H,2-8,15H2,1H3,(H,25,27)(H,28,29)/t18?,19?,23-/m1/s1. The van der Waals surface area contributed by atoms with Crippen molar-refractivity contribution >= 4 is 23.2 Å². The normalized spacial score (nSPS) is 18.4. The summed E-state index contributed by atoms with van der Waals surface area (Å²) in [6, 6.07) is 11.0. The molecule has 0 bridgehead atoms. The highest BCUT2D eigenvalue weighted by molar-refractivity contribution is 7.14. The van der Waals surface area contributed by atoms with Crippen LogP contribution in [-0.4, -0.2) is 34.7 Å². The molecule has 3 atom stereocenters. The minimum Gasteiger partial charge on any atom is -0.477 e. The van der Waals surface area contributed by atoms with Gasteiger partial charge in [0, 0.05) is 11.3 Å². The number of unbranched alkanes of at least 4 members (excludes halogenated alkanes) is 2. The van der Waals surface area contributed by atoms with Crippen molar-refractivity contribution in [3.05, 3.63) is 57.3 Å². The Hall–Kier alpha value is -2.22. The lowest BCUT2D eigenvalue weighted by Gasteiger charge is -2.26. The van der Waals surface area contributed by atoms with Gasteiger partial charge in [-0.25, -0.2) is 4.79 Å². The lowest BCUT2D eigenvalue weighted by molar-refractivity contribution is -0.124. The van der Waals surface area contributed by atoms with E-state index in [4.69, 9.17) is 4.74 Å². The zero-order valence-electron chi connectivity index (χ0n) is 17.9. The smallest absolute Gasteiger partial charge is 0.345 e. The molecule has 0 radical (unpaired) electrons. The number of hydrogen-bond acceptors (Lipinski definition) is 5. The Bertz CT molecular complexity index is 863. The molecule has 3 rings (SSSR count). The second kappa shape index (κ2) is 11.4. The van der Waals surface area contributed by atoms with Gasteiger partial charge in [0.05, 0.1) is 18.8 Å². The summed E-state index contributed by atoms with van der Waals surface area (Å²) < 4.78 is 6.22. The minimum atomic E-state index is -0.958. The van der Waals surface area contributed by atoms with Crippen LogP contribution in [0.2, 0.25) is 0 Å². The Morgan fingerprint density at radius 2 is 1.94 bits per heavy atom. The zero-order chi connectivity index (χ0) is 22.2. The highest BCUT2D eigenvalue weighted by Gasteiger charge is 2.23. The molecule has 1 amide bonds. The van der Waals surface area contributed by atoms with Crippen molar-refractivity contribution < 1.29 is 24.5 Å². The van der Waals surface area contributed by atoms with Crippen molar-refractivity contribution in [1.82, 2.24) is 5.32 Å². The third kappa shape index (κ3) is 6.63. The first-order valence-corrected chi connectivity index (χ1v) is 11.8. The number of nitrogens with one attached hydrogen (secondary N) is 1. The molecule has 2 heterocycles. The first-order chi connectivity index (χ1) is 15.0. The molecule has 6 nitrogen and oxygen atoms in total. The van der Waals surface area contributed by atoms with Gasteiger partial charge in [-0.05, 0) is 42.5 Å². The number of carboxylic acids is 1. The molecule has 1 saturated heterocycles. The molecular formula is C24H31NO5S. The van der Waals surface area contributed by atoms with Crippen LogP contribution in [0.5, 0.6) is 0 Å². The molecule has 1 fully saturated rings. The van der Waals surface area contributed by atoms with Crippen LogP contribution in [0, 0.1) is 0 Å². The maximum Gasteiger partial charge on any atom is 0.345 e. The number of carboxylic acid groups (broad SMARTS) is 1. The number of thiophene rings is 1. The van der Waals surface area contributed by atoms with Crippen LogP contribution < -0.4 is 5.32 Å². The maximum absolute atomic E-state index is 11.7. The third-order valence-electron chi connectivity index (χ3n) is 5.59. The third-order valence-corrected chi connectivity index (χ3v) is 6.70. The molecule has 1 aliphatic rings. The number of aliphatic hydroxyl groups excluding tert-OH is 1. The minimum absolute atomic E-state index is 0.0395. The van der Waals surface area contributed by atoms with E-state index in [0.717, 1.165) is 54.5 Å². The molecule has 0 saturated carbocycles. The van der Waals surface area contributed by atoms with E-state index in [2.05, 4.69) is 12.2 Å². The van der Waals surface area contributed by atoms with Crippen molar-refractivity contribution in [3.63, 3.8) is 0 Å². The summed E-state index contributed by atoms with van der Waals surface area (Å²) in [4.78, 5) is 24.1. The van der Waals surface area contributed by atoms with Crippen molar-refractivity contribution in [1.29, 1.82) is 0 Å². The Morgan fingerprint density at radius 1 is 1.19 bits per heavy atom. The molecule has 1 aromatic heterocycles. The largest absolute Gasteiger partial charge is 0.477 e. The van der Waals surface area contributed by atoms with Crippen molar-refractivity contribution in [2.24, 2.45) is 0 Å². The maximum atomic E-state index is 11.7. The predicted octanol–water partition coefficient (Wildman–Crippen LogP) is 4.83. The van der Waals surface area contributed by atoms with Crippen LogP contribution in [0.3, 0.4) is 0 Å². The fraction of sp³-hybridized carbons (Fsp3) is 0.500. The monoisotopic (exact) mass is 445 g/mol. The Morgan fingerprint density at radius 3 is 2.58 bits per heavy atom. The van der Waals surface area contributed by atoms with Crippen LogP contribution in [0.4, 0.5) is 0 Å². The van der Waals surface area contributed by atoms with Gasteiger partial charge in [0.25, 0.3) is 0 Å². The van der Waals surface area contributed by atoms with E-state index in [0.29, 0.717) is 13.0 Å². The van der Waals surface area contributed by atoms with E-state index in [-0.39, 0.29) is 16.8 Å². The molecule has 2 aromatic rings. The molecule has 1 aromatic carbocycles. The van der Waals surface area contributed by atoms with Gasteiger partial charge in [-0.15, -0.1) is 11.3 Å². The molecule has 1 aliphatic heterocycles. The van der Waals surface area contributed by atoms with Gasteiger partial charge >= 0.3 is 5.97 Å². The second-order valence-corrected chi connectivity index (χ2v) is 9.17. The number of amides is 1. The summed E-state index contributed by atoms with van der Waals surface area (Å²) in [5, 5.41) is 22.7. The van der Waals surface area contributed by atoms with Gasteiger partial charge in [-0.3, -0.25) is 4.79 Å². The van der Waals surface area contributed by atoms with Crippen molar-refractivity contribution in [3.8, 4) is 0 Å². The Kier molecular flexibility index (Phi) is 8.63. The quantitative estimate of drug-likeness (QED) is 0.430. The predicted molar refractivity (Wildman–Crippen MR) is 120 cm³/mol. The van der Waals surface area contributed by atoms with E-state index < -0.39 is 18.2 Å². The number of rotatable bonds is 11. The number of ether oxygens (including phenoxy) is 1. The lowest BCUT2D eigenvalue weighted by Crippen LogP contribution is -2.41. The number of carbonyl (C=O) groups is 2. The Labute approximate surface area is 187 Å². The number of hydrogen-bond donors (Lipinski definition) is 3. The van der Waals surface area contributed by atoms with Gasteiger partial charge in [0.2, 0.25) is 5.91 Å². The van der Waals surface area contributed by atoms with Gasteiger partial charge in [-0.1, -0.05) is 50.5 Å². The first kappa shape index (κ1) is 23.4. The molecule has 0 aliphatic carbocycles. The van der Waals surface area contributed by atoms with Gasteiger partial charge in [-0.2, -0.15) is 0 Å². The van der Waals surface area contributed by atoms with E-state index in [9.17, 15) is 19.8 Å². The van der Waals surface area contributed by atoms with Gasteiger partial charge < -0.3 is 20.3 Å². The van der Waals surface area contributed by atoms with Crippen molar-refractivity contribution in [2.75, 3.05) is 6.61 Å². The van der Waals surface area contributed by atoms with Gasteiger partial charge in [0.1, 0.15) is 11.0 Å². The highest BCUT2D eigenvalue weighted by Crippen LogP contribution is 2.33. The number of aromatic carboxylic acids is 1. The summed E-state index contributed by atoms with van der Waals surface area (Å²) in [7, 11) is 0. The molecule has 7 heteroatoms. The summed E-state index contributed by atoms with van der Waals surface area (Å²) in [6.07, 6.45) is 5.30.